The van der Waals surface area contributed by atoms with Gasteiger partial charge in [-0.1, -0.05) is 17.7 Å². The molecule has 1 aromatic rings. The van der Waals surface area contributed by atoms with Crippen LogP contribution >= 0.6 is 0 Å². The van der Waals surface area contributed by atoms with Gasteiger partial charge in [-0.25, -0.2) is 4.79 Å². The third-order valence-electron chi connectivity index (χ3n) is 3.78. The van der Waals surface area contributed by atoms with Gasteiger partial charge in [0.25, 0.3) is 0 Å². The summed E-state index contributed by atoms with van der Waals surface area (Å²) < 4.78 is 0. The molecule has 0 spiro atoms. The van der Waals surface area contributed by atoms with Crippen molar-refractivity contribution in [1.29, 1.82) is 0 Å². The largest absolute Gasteiger partial charge is 0.481 e. The first kappa shape index (κ1) is 16.8. The van der Waals surface area contributed by atoms with Crippen LogP contribution in [0.3, 0.4) is 0 Å². The molecule has 23 heavy (non-hydrogen) atoms. The number of nitrogens with zero attached hydrogens (tertiary/aromatic N) is 2. The minimum Gasteiger partial charge on any atom is -0.481 e. The average Bonchev–Trinajstić information content (AvgIpc) is 2.55. The van der Waals surface area contributed by atoms with E-state index in [0.29, 0.717) is 26.2 Å². The molecular formula is C16H21N3O4. The van der Waals surface area contributed by atoms with Crippen LogP contribution in [-0.4, -0.2) is 59.0 Å². The van der Waals surface area contributed by atoms with Gasteiger partial charge in [-0.15, -0.1) is 0 Å². The molecule has 0 atom stereocenters. The lowest BCUT2D eigenvalue weighted by Gasteiger charge is -2.34. The molecule has 2 rings (SSSR count). The number of nitrogens with one attached hydrogen (secondary N) is 1. The number of anilines is 1. The van der Waals surface area contributed by atoms with E-state index in [9.17, 15) is 14.4 Å². The van der Waals surface area contributed by atoms with E-state index in [-0.39, 0.29) is 24.8 Å². The van der Waals surface area contributed by atoms with E-state index >= 15 is 0 Å². The summed E-state index contributed by atoms with van der Waals surface area (Å²) in [5.41, 5.74) is 1.86. The van der Waals surface area contributed by atoms with Gasteiger partial charge in [-0.05, 0) is 19.1 Å². The van der Waals surface area contributed by atoms with Gasteiger partial charge in [-0.2, -0.15) is 0 Å². The van der Waals surface area contributed by atoms with Crippen LogP contribution in [0.25, 0.3) is 0 Å². The number of aryl methyl sites for hydroxylation is 1. The summed E-state index contributed by atoms with van der Waals surface area (Å²) in [7, 11) is 0. The van der Waals surface area contributed by atoms with Crippen molar-refractivity contribution < 1.29 is 19.5 Å². The molecule has 0 aromatic heterocycles. The molecule has 1 heterocycles. The van der Waals surface area contributed by atoms with Crippen molar-refractivity contribution in [3.05, 3.63) is 29.8 Å². The summed E-state index contributed by atoms with van der Waals surface area (Å²) >= 11 is 0. The average molecular weight is 319 g/mol. The molecule has 0 radical (unpaired) electrons. The van der Waals surface area contributed by atoms with E-state index in [0.717, 1.165) is 11.3 Å². The maximum Gasteiger partial charge on any atom is 0.321 e. The Bertz CT molecular complexity index is 577. The van der Waals surface area contributed by atoms with E-state index in [1.807, 2.05) is 31.2 Å². The Hall–Kier alpha value is -2.57. The van der Waals surface area contributed by atoms with Crippen LogP contribution in [0.4, 0.5) is 10.5 Å². The molecule has 7 heteroatoms. The maximum atomic E-state index is 12.2. The molecule has 7 nitrogen and oxygen atoms in total. The highest BCUT2D eigenvalue weighted by atomic mass is 16.4. The molecule has 1 fully saturated rings. The topological polar surface area (TPSA) is 90.0 Å². The lowest BCUT2D eigenvalue weighted by Crippen LogP contribution is -2.51. The molecular weight excluding hydrogens is 298 g/mol. The summed E-state index contributed by atoms with van der Waals surface area (Å²) in [4.78, 5) is 37.8. The highest BCUT2D eigenvalue weighted by Crippen LogP contribution is 2.11. The van der Waals surface area contributed by atoms with Gasteiger partial charge in [0.05, 0.1) is 6.42 Å². The second-order valence-corrected chi connectivity index (χ2v) is 5.56. The molecule has 124 valence electrons. The zero-order valence-corrected chi connectivity index (χ0v) is 13.1. The number of amides is 3. The first-order valence-electron chi connectivity index (χ1n) is 7.58. The number of benzene rings is 1. The quantitative estimate of drug-likeness (QED) is 0.881. The third-order valence-corrected chi connectivity index (χ3v) is 3.78. The molecule has 3 amide bonds. The van der Waals surface area contributed by atoms with Crippen LogP contribution in [0.5, 0.6) is 0 Å². The molecule has 1 aromatic carbocycles. The summed E-state index contributed by atoms with van der Waals surface area (Å²) in [6.45, 7) is 3.72. The Morgan fingerprint density at radius 2 is 1.57 bits per heavy atom. The summed E-state index contributed by atoms with van der Waals surface area (Å²) in [5, 5.41) is 11.4. The van der Waals surface area contributed by atoms with Crippen LogP contribution in [-0.2, 0) is 9.59 Å². The lowest BCUT2D eigenvalue weighted by atomic mass is 10.2. The Morgan fingerprint density at radius 3 is 2.13 bits per heavy atom. The van der Waals surface area contributed by atoms with E-state index in [1.165, 1.54) is 0 Å². The normalized spacial score (nSPS) is 14.5. The van der Waals surface area contributed by atoms with E-state index < -0.39 is 5.97 Å². The Morgan fingerprint density at radius 1 is 1.00 bits per heavy atom. The molecule has 1 aliphatic rings. The van der Waals surface area contributed by atoms with Crippen LogP contribution in [0.1, 0.15) is 18.4 Å². The third kappa shape index (κ3) is 4.98. The minimum absolute atomic E-state index is 0.00486. The zero-order chi connectivity index (χ0) is 16.8. The Kier molecular flexibility index (Phi) is 5.56. The molecule has 0 aliphatic carbocycles. The summed E-state index contributed by atoms with van der Waals surface area (Å²) in [6, 6.07) is 7.35. The van der Waals surface area contributed by atoms with Gasteiger partial charge >= 0.3 is 12.0 Å². The number of carboxylic acid groups (broad SMARTS) is 1. The molecule has 1 saturated heterocycles. The van der Waals surface area contributed by atoms with E-state index in [2.05, 4.69) is 5.32 Å². The van der Waals surface area contributed by atoms with Crippen molar-refractivity contribution in [3.63, 3.8) is 0 Å². The zero-order valence-electron chi connectivity index (χ0n) is 13.1. The first-order valence-corrected chi connectivity index (χ1v) is 7.58. The van der Waals surface area contributed by atoms with Crippen molar-refractivity contribution in [2.75, 3.05) is 31.5 Å². The number of urea groups is 1. The number of carbonyl (C=O) groups excluding carboxylic acids is 2. The number of hydrogen-bond donors (Lipinski definition) is 2. The fourth-order valence-electron chi connectivity index (χ4n) is 2.37. The molecule has 2 N–H and O–H groups in total. The smallest absolute Gasteiger partial charge is 0.321 e. The van der Waals surface area contributed by atoms with E-state index in [1.54, 1.807) is 9.80 Å². The molecule has 0 unspecified atom stereocenters. The second kappa shape index (κ2) is 7.62. The van der Waals surface area contributed by atoms with Gasteiger partial charge in [0, 0.05) is 38.3 Å². The summed E-state index contributed by atoms with van der Waals surface area (Å²) in [6.07, 6.45) is -0.155. The fraction of sp³-hybridized carbons (Fsp3) is 0.438. The van der Waals surface area contributed by atoms with Gasteiger partial charge in [0.2, 0.25) is 5.91 Å². The van der Waals surface area contributed by atoms with Crippen molar-refractivity contribution in [3.8, 4) is 0 Å². The van der Waals surface area contributed by atoms with Crippen LogP contribution in [0.15, 0.2) is 24.3 Å². The maximum absolute atomic E-state index is 12.2. The monoisotopic (exact) mass is 319 g/mol. The number of aliphatic carboxylic acids is 1. The highest BCUT2D eigenvalue weighted by Gasteiger charge is 2.24. The molecule has 0 bridgehead atoms. The lowest BCUT2D eigenvalue weighted by molar-refractivity contribution is -0.141. The van der Waals surface area contributed by atoms with Crippen molar-refractivity contribution in [2.45, 2.75) is 19.8 Å². The van der Waals surface area contributed by atoms with Crippen LogP contribution in [0, 0.1) is 6.92 Å². The predicted octanol–water partition coefficient (Wildman–Crippen LogP) is 1.54. The van der Waals surface area contributed by atoms with Gasteiger partial charge < -0.3 is 20.2 Å². The SMILES string of the molecule is Cc1ccc(NC(=O)N2CCN(C(=O)CCC(=O)O)CC2)cc1. The number of hydrogen-bond acceptors (Lipinski definition) is 3. The Labute approximate surface area is 134 Å². The van der Waals surface area contributed by atoms with Crippen LogP contribution in [0.2, 0.25) is 0 Å². The Balaban J connectivity index is 1.79. The summed E-state index contributed by atoms with van der Waals surface area (Å²) in [5.74, 6) is -1.15. The van der Waals surface area contributed by atoms with Gasteiger partial charge in [0.15, 0.2) is 0 Å². The van der Waals surface area contributed by atoms with Crippen molar-refractivity contribution >= 4 is 23.6 Å². The number of carboxylic acids is 1. The van der Waals surface area contributed by atoms with Crippen molar-refractivity contribution in [2.24, 2.45) is 0 Å². The molecule has 1 aliphatic heterocycles. The standard InChI is InChI=1S/C16H21N3O4/c1-12-2-4-13(5-3-12)17-16(23)19-10-8-18(9-11-19)14(20)6-7-15(21)22/h2-5H,6-11H2,1H3,(H,17,23)(H,21,22). The number of piperazine rings is 1. The predicted molar refractivity (Wildman–Crippen MR) is 85.2 cm³/mol. The minimum atomic E-state index is -0.977. The molecule has 0 saturated carbocycles. The second-order valence-electron chi connectivity index (χ2n) is 5.56. The van der Waals surface area contributed by atoms with Gasteiger partial charge in [-0.3, -0.25) is 9.59 Å². The number of rotatable bonds is 4. The highest BCUT2D eigenvalue weighted by molar-refractivity contribution is 5.89. The van der Waals surface area contributed by atoms with E-state index in [4.69, 9.17) is 5.11 Å². The first-order chi connectivity index (χ1) is 11.0. The van der Waals surface area contributed by atoms with Gasteiger partial charge in [0.1, 0.15) is 0 Å². The van der Waals surface area contributed by atoms with Crippen LogP contribution < -0.4 is 5.32 Å². The fourth-order valence-corrected chi connectivity index (χ4v) is 2.37. The number of carbonyl (C=O) groups is 3. The van der Waals surface area contributed by atoms with Crippen molar-refractivity contribution in [1.82, 2.24) is 9.80 Å².